The molecular formula is C17H21N3O. The van der Waals surface area contributed by atoms with Gasteiger partial charge < -0.3 is 10.6 Å². The standard InChI is InChI=1S/C17H21N3O/c18-9-8-13-4-3-11-20(12-13)17(21)15-5-1-7-16-14(15)6-2-10-19-16/h1-2,5-7,10,13H,3-4,8-9,11-12,18H2. The molecule has 1 aromatic carbocycles. The molecule has 2 aromatic rings. The van der Waals surface area contributed by atoms with Gasteiger partial charge in [0.25, 0.3) is 5.91 Å². The highest BCUT2D eigenvalue weighted by molar-refractivity contribution is 6.06. The second-order valence-corrected chi connectivity index (χ2v) is 5.71. The summed E-state index contributed by atoms with van der Waals surface area (Å²) in [7, 11) is 0. The summed E-state index contributed by atoms with van der Waals surface area (Å²) >= 11 is 0. The van der Waals surface area contributed by atoms with Gasteiger partial charge in [0.1, 0.15) is 0 Å². The van der Waals surface area contributed by atoms with Gasteiger partial charge in [-0.1, -0.05) is 12.1 Å². The Kier molecular flexibility index (Phi) is 4.15. The normalized spacial score (nSPS) is 18.9. The third kappa shape index (κ3) is 2.90. The van der Waals surface area contributed by atoms with Crippen molar-refractivity contribution < 1.29 is 4.79 Å². The molecule has 0 saturated carbocycles. The highest BCUT2D eigenvalue weighted by atomic mass is 16.2. The smallest absolute Gasteiger partial charge is 0.254 e. The third-order valence-electron chi connectivity index (χ3n) is 4.26. The molecule has 1 amide bonds. The van der Waals surface area contributed by atoms with Gasteiger partial charge in [0, 0.05) is 30.2 Å². The van der Waals surface area contributed by atoms with Crippen LogP contribution in [0, 0.1) is 5.92 Å². The maximum Gasteiger partial charge on any atom is 0.254 e. The van der Waals surface area contributed by atoms with Crippen LogP contribution >= 0.6 is 0 Å². The summed E-state index contributed by atoms with van der Waals surface area (Å²) in [5, 5.41) is 0.936. The van der Waals surface area contributed by atoms with Crippen molar-refractivity contribution in [3.05, 3.63) is 42.1 Å². The number of carbonyl (C=O) groups is 1. The van der Waals surface area contributed by atoms with Crippen molar-refractivity contribution in [3.63, 3.8) is 0 Å². The molecule has 0 aliphatic carbocycles. The Morgan fingerprint density at radius 3 is 3.10 bits per heavy atom. The largest absolute Gasteiger partial charge is 0.338 e. The first-order chi connectivity index (χ1) is 10.3. The fourth-order valence-electron chi connectivity index (χ4n) is 3.18. The van der Waals surface area contributed by atoms with Gasteiger partial charge in [0.15, 0.2) is 0 Å². The minimum Gasteiger partial charge on any atom is -0.338 e. The molecule has 1 atom stereocenters. The van der Waals surface area contributed by atoms with E-state index in [1.165, 1.54) is 6.42 Å². The van der Waals surface area contributed by atoms with E-state index in [4.69, 9.17) is 5.73 Å². The molecule has 0 bridgehead atoms. The van der Waals surface area contributed by atoms with Crippen LogP contribution in [0.25, 0.3) is 10.9 Å². The number of pyridine rings is 1. The Balaban J connectivity index is 1.86. The maximum atomic E-state index is 12.8. The number of hydrogen-bond acceptors (Lipinski definition) is 3. The number of fused-ring (bicyclic) bond motifs is 1. The number of likely N-dealkylation sites (tertiary alicyclic amines) is 1. The van der Waals surface area contributed by atoms with Gasteiger partial charge in [-0.2, -0.15) is 0 Å². The van der Waals surface area contributed by atoms with Crippen LogP contribution < -0.4 is 5.73 Å². The van der Waals surface area contributed by atoms with Crippen molar-refractivity contribution in [2.45, 2.75) is 19.3 Å². The first-order valence-electron chi connectivity index (χ1n) is 7.62. The van der Waals surface area contributed by atoms with Crippen molar-refractivity contribution >= 4 is 16.8 Å². The number of rotatable bonds is 3. The van der Waals surface area contributed by atoms with Crippen LogP contribution in [0.4, 0.5) is 0 Å². The monoisotopic (exact) mass is 283 g/mol. The Hall–Kier alpha value is -1.94. The predicted octanol–water partition coefficient (Wildman–Crippen LogP) is 2.44. The molecule has 1 aromatic heterocycles. The van der Waals surface area contributed by atoms with Gasteiger partial charge in [-0.05, 0) is 49.9 Å². The van der Waals surface area contributed by atoms with E-state index in [0.717, 1.165) is 42.4 Å². The molecule has 1 unspecified atom stereocenters. The average molecular weight is 283 g/mol. The predicted molar refractivity (Wildman–Crippen MR) is 84.0 cm³/mol. The van der Waals surface area contributed by atoms with Gasteiger partial charge in [-0.25, -0.2) is 0 Å². The molecular weight excluding hydrogens is 262 g/mol. The lowest BCUT2D eigenvalue weighted by atomic mass is 9.94. The fraction of sp³-hybridized carbons (Fsp3) is 0.412. The van der Waals surface area contributed by atoms with Gasteiger partial charge in [-0.15, -0.1) is 0 Å². The zero-order chi connectivity index (χ0) is 14.7. The lowest BCUT2D eigenvalue weighted by Crippen LogP contribution is -2.40. The first kappa shape index (κ1) is 14.0. The average Bonchev–Trinajstić information content (AvgIpc) is 2.54. The number of hydrogen-bond donors (Lipinski definition) is 1. The zero-order valence-corrected chi connectivity index (χ0v) is 12.2. The van der Waals surface area contributed by atoms with Gasteiger partial charge in [0.2, 0.25) is 0 Å². The zero-order valence-electron chi connectivity index (χ0n) is 12.2. The van der Waals surface area contributed by atoms with Crippen LogP contribution in [-0.4, -0.2) is 35.4 Å². The number of benzene rings is 1. The summed E-state index contributed by atoms with van der Waals surface area (Å²) in [6.07, 6.45) is 5.01. The van der Waals surface area contributed by atoms with E-state index in [9.17, 15) is 4.79 Å². The Labute approximate surface area is 125 Å². The summed E-state index contributed by atoms with van der Waals surface area (Å²) in [5.74, 6) is 0.663. The lowest BCUT2D eigenvalue weighted by molar-refractivity contribution is 0.0671. The van der Waals surface area contributed by atoms with E-state index in [2.05, 4.69) is 4.98 Å². The Bertz CT molecular complexity index is 633. The molecule has 0 radical (unpaired) electrons. The van der Waals surface area contributed by atoms with Crippen LogP contribution in [0.2, 0.25) is 0 Å². The Morgan fingerprint density at radius 2 is 2.24 bits per heavy atom. The molecule has 1 aliphatic rings. The molecule has 1 saturated heterocycles. The summed E-state index contributed by atoms with van der Waals surface area (Å²) in [4.78, 5) is 19.1. The van der Waals surface area contributed by atoms with E-state index < -0.39 is 0 Å². The van der Waals surface area contributed by atoms with Crippen LogP contribution in [0.1, 0.15) is 29.6 Å². The van der Waals surface area contributed by atoms with Gasteiger partial charge >= 0.3 is 0 Å². The molecule has 0 spiro atoms. The quantitative estimate of drug-likeness (QED) is 0.941. The molecule has 1 fully saturated rings. The molecule has 4 heteroatoms. The molecule has 21 heavy (non-hydrogen) atoms. The molecule has 3 rings (SSSR count). The number of carbonyl (C=O) groups excluding carboxylic acids is 1. The van der Waals surface area contributed by atoms with Crippen LogP contribution in [0.15, 0.2) is 36.5 Å². The molecule has 4 nitrogen and oxygen atoms in total. The summed E-state index contributed by atoms with van der Waals surface area (Å²) in [6.45, 7) is 2.37. The number of nitrogens with two attached hydrogens (primary N) is 1. The molecule has 2 N–H and O–H groups in total. The fourth-order valence-corrected chi connectivity index (χ4v) is 3.18. The van der Waals surface area contributed by atoms with Crippen molar-refractivity contribution in [1.82, 2.24) is 9.88 Å². The van der Waals surface area contributed by atoms with Crippen molar-refractivity contribution in [2.24, 2.45) is 11.7 Å². The topological polar surface area (TPSA) is 59.2 Å². The summed E-state index contributed by atoms with van der Waals surface area (Å²) in [5.41, 5.74) is 7.29. The number of nitrogens with zero attached hydrogens (tertiary/aromatic N) is 2. The van der Waals surface area contributed by atoms with Crippen LogP contribution in [-0.2, 0) is 0 Å². The van der Waals surface area contributed by atoms with Gasteiger partial charge in [-0.3, -0.25) is 9.78 Å². The molecule has 1 aliphatic heterocycles. The van der Waals surface area contributed by atoms with E-state index in [0.29, 0.717) is 12.5 Å². The number of aromatic nitrogens is 1. The summed E-state index contributed by atoms with van der Waals surface area (Å²) in [6, 6.07) is 9.60. The third-order valence-corrected chi connectivity index (χ3v) is 4.26. The second kappa shape index (κ2) is 6.22. The summed E-state index contributed by atoms with van der Waals surface area (Å²) < 4.78 is 0. The second-order valence-electron chi connectivity index (χ2n) is 5.71. The molecule has 2 heterocycles. The van der Waals surface area contributed by atoms with Crippen molar-refractivity contribution in [3.8, 4) is 0 Å². The first-order valence-corrected chi connectivity index (χ1v) is 7.62. The van der Waals surface area contributed by atoms with Gasteiger partial charge in [0.05, 0.1) is 5.52 Å². The minimum absolute atomic E-state index is 0.121. The maximum absolute atomic E-state index is 12.8. The Morgan fingerprint density at radius 1 is 1.33 bits per heavy atom. The lowest BCUT2D eigenvalue weighted by Gasteiger charge is -2.33. The number of piperidine rings is 1. The highest BCUT2D eigenvalue weighted by Gasteiger charge is 2.24. The minimum atomic E-state index is 0.121. The van der Waals surface area contributed by atoms with E-state index in [-0.39, 0.29) is 5.91 Å². The van der Waals surface area contributed by atoms with Crippen LogP contribution in [0.3, 0.4) is 0 Å². The van der Waals surface area contributed by atoms with E-state index in [1.807, 2.05) is 35.2 Å². The number of amides is 1. The van der Waals surface area contributed by atoms with E-state index >= 15 is 0 Å². The van der Waals surface area contributed by atoms with E-state index in [1.54, 1.807) is 6.20 Å². The van der Waals surface area contributed by atoms with Crippen LogP contribution in [0.5, 0.6) is 0 Å². The van der Waals surface area contributed by atoms with Crippen molar-refractivity contribution in [2.75, 3.05) is 19.6 Å². The highest BCUT2D eigenvalue weighted by Crippen LogP contribution is 2.23. The SMILES string of the molecule is NCCC1CCCN(C(=O)c2cccc3ncccc23)C1. The van der Waals surface area contributed by atoms with Crippen molar-refractivity contribution in [1.29, 1.82) is 0 Å². The molecule has 110 valence electrons.